The number of rotatable bonds is 9. The van der Waals surface area contributed by atoms with E-state index in [4.69, 9.17) is 19.5 Å². The Hall–Kier alpha value is -3.82. The van der Waals surface area contributed by atoms with E-state index in [0.717, 1.165) is 43.6 Å². The molecule has 1 unspecified atom stereocenters. The first-order valence-corrected chi connectivity index (χ1v) is 14.4. The molecule has 0 radical (unpaired) electrons. The maximum Gasteiger partial charge on any atom is 0.439 e. The standard InChI is InChI=1S/C30H36FN7O2/c1-4-19-12-14-20(15-13-19)16-38-24-25(32-18(3)21-8-7-9-21)33-27(28-36-30(39)40-37-28)34-26(24)35-29(38)17(2)22-10-5-6-11-23(22)31/h4-6,10-11,17-21H,1,7-9,12-16H2,2-3H3,(H,32,33,34)(H,36,37,39)/t17?,18-,19-,20-/m1/s1. The van der Waals surface area contributed by atoms with E-state index in [1.807, 2.05) is 19.1 Å². The minimum absolute atomic E-state index is 0.146. The minimum Gasteiger partial charge on any atom is -0.365 e. The molecule has 0 aliphatic heterocycles. The summed E-state index contributed by atoms with van der Waals surface area (Å²) in [6.45, 7) is 8.90. The number of aromatic nitrogens is 6. The summed E-state index contributed by atoms with van der Waals surface area (Å²) in [5.74, 6) is 2.07. The fraction of sp³-hybridized carbons (Fsp3) is 0.500. The van der Waals surface area contributed by atoms with Crippen molar-refractivity contribution in [3.63, 3.8) is 0 Å². The van der Waals surface area contributed by atoms with Crippen molar-refractivity contribution in [1.29, 1.82) is 0 Å². The molecule has 3 heterocycles. The van der Waals surface area contributed by atoms with Crippen LogP contribution in [0.4, 0.5) is 10.2 Å². The number of imidazole rings is 1. The summed E-state index contributed by atoms with van der Waals surface area (Å²) in [6.07, 6.45) is 10.1. The molecule has 0 saturated heterocycles. The third-order valence-electron chi connectivity index (χ3n) is 8.93. The summed E-state index contributed by atoms with van der Waals surface area (Å²) in [5.41, 5.74) is 1.86. The third-order valence-corrected chi connectivity index (χ3v) is 8.93. The van der Waals surface area contributed by atoms with Crippen LogP contribution in [0.3, 0.4) is 0 Å². The van der Waals surface area contributed by atoms with Gasteiger partial charge in [0.15, 0.2) is 11.5 Å². The predicted molar refractivity (Wildman–Crippen MR) is 151 cm³/mol. The Morgan fingerprint density at radius 1 is 1.15 bits per heavy atom. The van der Waals surface area contributed by atoms with Gasteiger partial charge in [-0.15, -0.1) is 6.58 Å². The zero-order valence-electron chi connectivity index (χ0n) is 23.1. The van der Waals surface area contributed by atoms with Crippen LogP contribution in [0, 0.1) is 23.6 Å². The monoisotopic (exact) mass is 545 g/mol. The smallest absolute Gasteiger partial charge is 0.365 e. The molecule has 0 bridgehead atoms. The Labute approximate surface area is 232 Å². The first kappa shape index (κ1) is 26.4. The molecule has 210 valence electrons. The van der Waals surface area contributed by atoms with Crippen LogP contribution in [0.2, 0.25) is 0 Å². The molecule has 1 aromatic carbocycles. The molecule has 3 aromatic heterocycles. The van der Waals surface area contributed by atoms with Gasteiger partial charge in [0.05, 0.1) is 0 Å². The molecule has 2 atom stereocenters. The number of nitrogens with zero attached hydrogens (tertiary/aromatic N) is 5. The number of anilines is 1. The number of fused-ring (bicyclic) bond motifs is 1. The highest BCUT2D eigenvalue weighted by atomic mass is 19.1. The zero-order chi connectivity index (χ0) is 27.8. The molecule has 40 heavy (non-hydrogen) atoms. The zero-order valence-corrected chi connectivity index (χ0v) is 23.1. The second kappa shape index (κ2) is 11.0. The first-order chi connectivity index (χ1) is 19.4. The summed E-state index contributed by atoms with van der Waals surface area (Å²) < 4.78 is 21.9. The fourth-order valence-electron chi connectivity index (χ4n) is 6.20. The predicted octanol–water partition coefficient (Wildman–Crippen LogP) is 6.05. The number of hydrogen-bond acceptors (Lipinski definition) is 7. The highest BCUT2D eigenvalue weighted by Crippen LogP contribution is 2.37. The minimum atomic E-state index is -0.675. The fourth-order valence-corrected chi connectivity index (χ4v) is 6.20. The molecular weight excluding hydrogens is 509 g/mol. The molecule has 2 N–H and O–H groups in total. The Morgan fingerprint density at radius 2 is 1.93 bits per heavy atom. The molecule has 2 aliphatic rings. The summed E-state index contributed by atoms with van der Waals surface area (Å²) in [6, 6.07) is 7.04. The van der Waals surface area contributed by atoms with Crippen molar-refractivity contribution in [2.75, 3.05) is 5.32 Å². The van der Waals surface area contributed by atoms with Crippen molar-refractivity contribution in [1.82, 2.24) is 29.7 Å². The van der Waals surface area contributed by atoms with Gasteiger partial charge in [-0.3, -0.25) is 9.51 Å². The van der Waals surface area contributed by atoms with Gasteiger partial charge in [-0.25, -0.2) is 24.1 Å². The van der Waals surface area contributed by atoms with Crippen LogP contribution in [-0.2, 0) is 6.54 Å². The lowest BCUT2D eigenvalue weighted by Crippen LogP contribution is -2.31. The van der Waals surface area contributed by atoms with Crippen molar-refractivity contribution in [2.24, 2.45) is 17.8 Å². The highest BCUT2D eigenvalue weighted by Gasteiger charge is 2.30. The van der Waals surface area contributed by atoms with Crippen LogP contribution >= 0.6 is 0 Å². The molecular formula is C30H36FN7O2. The molecule has 0 spiro atoms. The van der Waals surface area contributed by atoms with E-state index >= 15 is 0 Å². The van der Waals surface area contributed by atoms with E-state index in [2.05, 4.69) is 39.6 Å². The maximum atomic E-state index is 15.0. The number of hydrogen-bond donors (Lipinski definition) is 2. The largest absolute Gasteiger partial charge is 0.439 e. The van der Waals surface area contributed by atoms with Gasteiger partial charge in [-0.05, 0) is 74.8 Å². The number of benzene rings is 1. The molecule has 9 nitrogen and oxygen atoms in total. The van der Waals surface area contributed by atoms with Crippen molar-refractivity contribution >= 4 is 17.0 Å². The molecule has 4 aromatic rings. The van der Waals surface area contributed by atoms with Crippen LogP contribution in [-0.4, -0.2) is 35.7 Å². The summed E-state index contributed by atoms with van der Waals surface area (Å²) >= 11 is 0. The van der Waals surface area contributed by atoms with Crippen molar-refractivity contribution in [2.45, 2.75) is 77.3 Å². The van der Waals surface area contributed by atoms with Gasteiger partial charge in [0.25, 0.3) is 0 Å². The van der Waals surface area contributed by atoms with Gasteiger partial charge in [-0.2, -0.15) is 0 Å². The maximum absolute atomic E-state index is 15.0. The van der Waals surface area contributed by atoms with Gasteiger partial charge >= 0.3 is 5.76 Å². The van der Waals surface area contributed by atoms with Crippen molar-refractivity contribution in [3.05, 3.63) is 64.7 Å². The lowest BCUT2D eigenvalue weighted by atomic mass is 9.80. The summed E-state index contributed by atoms with van der Waals surface area (Å²) in [7, 11) is 0. The van der Waals surface area contributed by atoms with Gasteiger partial charge in [0.1, 0.15) is 17.2 Å². The summed E-state index contributed by atoms with van der Waals surface area (Å²) in [5, 5.41) is 7.47. The molecule has 0 amide bonds. The van der Waals surface area contributed by atoms with Crippen LogP contribution < -0.4 is 11.1 Å². The Morgan fingerprint density at radius 3 is 2.58 bits per heavy atom. The van der Waals surface area contributed by atoms with E-state index in [-0.39, 0.29) is 29.4 Å². The van der Waals surface area contributed by atoms with Crippen LogP contribution in [0.1, 0.15) is 76.1 Å². The van der Waals surface area contributed by atoms with Crippen molar-refractivity contribution in [3.8, 4) is 11.6 Å². The molecule has 2 saturated carbocycles. The third kappa shape index (κ3) is 5.07. The van der Waals surface area contributed by atoms with E-state index in [1.54, 1.807) is 6.07 Å². The van der Waals surface area contributed by atoms with Crippen LogP contribution in [0.25, 0.3) is 22.8 Å². The van der Waals surface area contributed by atoms with E-state index < -0.39 is 5.76 Å². The number of allylic oxidation sites excluding steroid dienone is 1. The lowest BCUT2D eigenvalue weighted by Gasteiger charge is -2.32. The van der Waals surface area contributed by atoms with E-state index in [1.165, 1.54) is 25.3 Å². The summed E-state index contributed by atoms with van der Waals surface area (Å²) in [4.78, 5) is 28.8. The van der Waals surface area contributed by atoms with Crippen LogP contribution in [0.15, 0.2) is 46.2 Å². The Kier molecular flexibility index (Phi) is 7.25. The average Bonchev–Trinajstić information content (AvgIpc) is 3.51. The average molecular weight is 546 g/mol. The number of halogens is 1. The Bertz CT molecular complexity index is 1560. The molecule has 10 heteroatoms. The van der Waals surface area contributed by atoms with Gasteiger partial charge in [-0.1, -0.05) is 42.8 Å². The first-order valence-electron chi connectivity index (χ1n) is 14.4. The number of aromatic amines is 1. The van der Waals surface area contributed by atoms with Gasteiger partial charge < -0.3 is 9.88 Å². The topological polar surface area (TPSA) is 115 Å². The van der Waals surface area contributed by atoms with E-state index in [9.17, 15) is 9.18 Å². The molecule has 6 rings (SSSR count). The molecule has 2 aliphatic carbocycles. The normalized spacial score (nSPS) is 21.2. The van der Waals surface area contributed by atoms with E-state index in [0.29, 0.717) is 34.8 Å². The van der Waals surface area contributed by atoms with Crippen LogP contribution in [0.5, 0.6) is 0 Å². The lowest BCUT2D eigenvalue weighted by molar-refractivity contribution is 0.280. The quantitative estimate of drug-likeness (QED) is 0.246. The Balaban J connectivity index is 1.50. The molecule has 2 fully saturated rings. The number of H-pyrrole nitrogens is 1. The van der Waals surface area contributed by atoms with Gasteiger partial charge in [0, 0.05) is 18.5 Å². The van der Waals surface area contributed by atoms with Crippen molar-refractivity contribution < 1.29 is 8.91 Å². The number of nitrogens with one attached hydrogen (secondary N) is 2. The van der Waals surface area contributed by atoms with Gasteiger partial charge in [0.2, 0.25) is 11.6 Å². The highest BCUT2D eigenvalue weighted by molar-refractivity contribution is 5.86. The second-order valence-corrected chi connectivity index (χ2v) is 11.5. The second-order valence-electron chi connectivity index (χ2n) is 11.5. The SMILES string of the molecule is C=C[C@H]1CC[C@H](Cn2c(C(C)c3ccccc3F)nc3nc(-c4noc(=O)[nH]4)nc(N[C@H](C)C4CCC4)c32)CC1.